The first-order chi connectivity index (χ1) is 15.2. The molecule has 162 valence electrons. The van der Waals surface area contributed by atoms with Gasteiger partial charge < -0.3 is 4.57 Å². The van der Waals surface area contributed by atoms with E-state index in [4.69, 9.17) is 23.8 Å². The second-order valence-corrected chi connectivity index (χ2v) is 9.51. The quantitative estimate of drug-likeness (QED) is 0.194. The highest BCUT2D eigenvalue weighted by Gasteiger charge is 2.34. The lowest BCUT2D eigenvalue weighted by atomic mass is 10.1. The van der Waals surface area contributed by atoms with E-state index >= 15 is 0 Å². The summed E-state index contributed by atoms with van der Waals surface area (Å²) in [7, 11) is 0. The highest BCUT2D eigenvalue weighted by Crippen LogP contribution is 2.27. The number of aromatic nitrogens is 1. The monoisotopic (exact) mass is 575 g/mol. The van der Waals surface area contributed by atoms with Crippen LogP contribution in [0.15, 0.2) is 54.1 Å². The third-order valence-electron chi connectivity index (χ3n) is 5.36. The molecule has 2 amide bonds. The molecule has 0 saturated carbocycles. The van der Waals surface area contributed by atoms with Gasteiger partial charge in [0, 0.05) is 25.7 Å². The lowest BCUT2D eigenvalue weighted by molar-refractivity contribution is -0.122. The minimum Gasteiger partial charge on any atom is -0.318 e. The Hall–Kier alpha value is -2.49. The maximum absolute atomic E-state index is 13.3. The Morgan fingerprint density at radius 2 is 1.66 bits per heavy atom. The fourth-order valence-corrected chi connectivity index (χ4v) is 4.48. The zero-order chi connectivity index (χ0) is 23.2. The number of aryl methyl sites for hydroxylation is 2. The number of halogens is 2. The van der Waals surface area contributed by atoms with Gasteiger partial charge in [-0.15, -0.1) is 0 Å². The first-order valence-corrected chi connectivity index (χ1v) is 11.7. The van der Waals surface area contributed by atoms with Crippen LogP contribution in [0.1, 0.15) is 22.5 Å². The molecule has 8 heteroatoms. The van der Waals surface area contributed by atoms with E-state index in [-0.39, 0.29) is 10.7 Å². The van der Waals surface area contributed by atoms with Gasteiger partial charge in [-0.1, -0.05) is 11.6 Å². The van der Waals surface area contributed by atoms with Gasteiger partial charge in [-0.25, -0.2) is 0 Å². The number of hydrogen-bond donors (Lipinski definition) is 1. The summed E-state index contributed by atoms with van der Waals surface area (Å²) in [6.45, 7) is 6.04. The highest BCUT2D eigenvalue weighted by atomic mass is 127. The van der Waals surface area contributed by atoms with Crippen molar-refractivity contribution in [1.82, 2.24) is 9.88 Å². The molecule has 4 rings (SSSR count). The van der Waals surface area contributed by atoms with Crippen molar-refractivity contribution in [2.45, 2.75) is 20.8 Å². The van der Waals surface area contributed by atoms with Crippen molar-refractivity contribution in [1.29, 1.82) is 0 Å². The van der Waals surface area contributed by atoms with Crippen molar-refractivity contribution < 1.29 is 9.59 Å². The third-order valence-corrected chi connectivity index (χ3v) is 7.10. The van der Waals surface area contributed by atoms with Crippen LogP contribution in [-0.2, 0) is 9.59 Å². The van der Waals surface area contributed by atoms with E-state index in [1.807, 2.05) is 19.9 Å². The average Bonchev–Trinajstić information content (AvgIpc) is 3.01. The second kappa shape index (κ2) is 8.80. The zero-order valence-corrected chi connectivity index (χ0v) is 21.3. The fraction of sp³-hybridized carbons (Fsp3) is 0.125. The Labute approximate surface area is 210 Å². The fourth-order valence-electron chi connectivity index (χ4n) is 3.74. The van der Waals surface area contributed by atoms with Gasteiger partial charge in [-0.3, -0.25) is 19.8 Å². The van der Waals surface area contributed by atoms with E-state index in [0.717, 1.165) is 22.6 Å². The van der Waals surface area contributed by atoms with E-state index in [1.54, 1.807) is 30.3 Å². The molecule has 1 saturated heterocycles. The van der Waals surface area contributed by atoms with Crippen LogP contribution >= 0.6 is 46.4 Å². The van der Waals surface area contributed by atoms with Gasteiger partial charge in [0.1, 0.15) is 5.57 Å². The number of rotatable bonds is 3. The Balaban J connectivity index is 1.76. The summed E-state index contributed by atoms with van der Waals surface area (Å²) < 4.78 is 3.31. The van der Waals surface area contributed by atoms with E-state index in [2.05, 4.69) is 57.6 Å². The largest absolute Gasteiger partial charge is 0.318 e. The van der Waals surface area contributed by atoms with E-state index in [1.165, 1.54) is 14.0 Å². The molecule has 1 aromatic heterocycles. The zero-order valence-electron chi connectivity index (χ0n) is 17.6. The molecule has 0 spiro atoms. The van der Waals surface area contributed by atoms with Gasteiger partial charge in [0.25, 0.3) is 11.8 Å². The predicted molar refractivity (Wildman–Crippen MR) is 140 cm³/mol. The van der Waals surface area contributed by atoms with Crippen molar-refractivity contribution in [3.63, 3.8) is 0 Å². The smallest absolute Gasteiger partial charge is 0.270 e. The van der Waals surface area contributed by atoms with Crippen molar-refractivity contribution in [2.24, 2.45) is 0 Å². The molecule has 3 aromatic rings. The molecule has 1 fully saturated rings. The van der Waals surface area contributed by atoms with Gasteiger partial charge in [0.2, 0.25) is 0 Å². The van der Waals surface area contributed by atoms with Crippen LogP contribution in [0.5, 0.6) is 0 Å². The van der Waals surface area contributed by atoms with Gasteiger partial charge in [0.15, 0.2) is 5.11 Å². The summed E-state index contributed by atoms with van der Waals surface area (Å²) in [5, 5.41) is 3.20. The molecule has 1 aliphatic heterocycles. The lowest BCUT2D eigenvalue weighted by Crippen LogP contribution is -2.54. The second-order valence-electron chi connectivity index (χ2n) is 7.53. The standard InChI is InChI=1S/C24H19ClIN3O2S/c1-13-10-19(8-9-21(13)26)28-14(2)11-16(15(28)3)12-20-22(30)27-24(32)29(23(20)31)18-6-4-17(25)5-7-18/h4-12H,1-3H3,(H,27,30,32). The number of nitrogens with one attached hydrogen (secondary N) is 1. The number of carbonyl (C=O) groups is 2. The summed E-state index contributed by atoms with van der Waals surface area (Å²) in [6, 6.07) is 14.9. The van der Waals surface area contributed by atoms with Crippen molar-refractivity contribution >= 4 is 75.1 Å². The normalized spacial score (nSPS) is 15.5. The minimum absolute atomic E-state index is 0.0209. The molecule has 2 aromatic carbocycles. The SMILES string of the molecule is Cc1cc(-n2c(C)cc(C=C3C(=O)NC(=S)N(c4ccc(Cl)cc4)C3=O)c2C)ccc1I. The van der Waals surface area contributed by atoms with Crippen LogP contribution in [0.4, 0.5) is 5.69 Å². The topological polar surface area (TPSA) is 54.3 Å². The molecule has 0 radical (unpaired) electrons. The van der Waals surface area contributed by atoms with E-state index < -0.39 is 11.8 Å². The summed E-state index contributed by atoms with van der Waals surface area (Å²) in [4.78, 5) is 27.2. The van der Waals surface area contributed by atoms with Crippen molar-refractivity contribution in [3.05, 3.63) is 85.2 Å². The Morgan fingerprint density at radius 1 is 1.00 bits per heavy atom. The molecule has 0 aliphatic carbocycles. The van der Waals surface area contributed by atoms with Crippen LogP contribution in [0, 0.1) is 24.3 Å². The molecule has 2 heterocycles. The van der Waals surface area contributed by atoms with Crippen LogP contribution in [0.2, 0.25) is 5.02 Å². The number of hydrogen-bond acceptors (Lipinski definition) is 3. The Bertz CT molecular complexity index is 1310. The molecule has 1 aliphatic rings. The minimum atomic E-state index is -0.514. The number of carbonyl (C=O) groups excluding carboxylic acids is 2. The number of amides is 2. The lowest BCUT2D eigenvalue weighted by Gasteiger charge is -2.28. The first-order valence-electron chi connectivity index (χ1n) is 9.80. The summed E-state index contributed by atoms with van der Waals surface area (Å²) >= 11 is 13.5. The van der Waals surface area contributed by atoms with Crippen LogP contribution in [0.25, 0.3) is 11.8 Å². The Morgan fingerprint density at radius 3 is 2.31 bits per heavy atom. The van der Waals surface area contributed by atoms with Crippen molar-refractivity contribution in [3.8, 4) is 5.69 Å². The van der Waals surface area contributed by atoms with Gasteiger partial charge in [0.05, 0.1) is 5.69 Å². The molecule has 0 unspecified atom stereocenters. The number of thiocarbonyl (C=S) groups is 1. The number of benzene rings is 2. The molecule has 0 atom stereocenters. The van der Waals surface area contributed by atoms with Gasteiger partial charge in [-0.05, 0) is 121 Å². The first kappa shape index (κ1) is 22.7. The number of anilines is 1. The third kappa shape index (κ3) is 4.12. The summed E-state index contributed by atoms with van der Waals surface area (Å²) in [5.41, 5.74) is 5.50. The maximum atomic E-state index is 13.3. The average molecular weight is 576 g/mol. The summed E-state index contributed by atoms with van der Waals surface area (Å²) in [5.74, 6) is -0.990. The molecule has 5 nitrogen and oxygen atoms in total. The molecular weight excluding hydrogens is 557 g/mol. The van der Waals surface area contributed by atoms with E-state index in [9.17, 15) is 9.59 Å². The van der Waals surface area contributed by atoms with Crippen LogP contribution in [0.3, 0.4) is 0 Å². The maximum Gasteiger partial charge on any atom is 0.270 e. The molecule has 32 heavy (non-hydrogen) atoms. The molecular formula is C24H19ClIN3O2S. The Kier molecular flexibility index (Phi) is 6.24. The van der Waals surface area contributed by atoms with Crippen LogP contribution < -0.4 is 10.2 Å². The van der Waals surface area contributed by atoms with Gasteiger partial charge in [-0.2, -0.15) is 0 Å². The van der Waals surface area contributed by atoms with Gasteiger partial charge >= 0.3 is 0 Å². The van der Waals surface area contributed by atoms with Crippen LogP contribution in [-0.4, -0.2) is 21.5 Å². The molecule has 0 bridgehead atoms. The summed E-state index contributed by atoms with van der Waals surface area (Å²) in [6.07, 6.45) is 1.63. The predicted octanol–water partition coefficient (Wildman–Crippen LogP) is 5.49. The van der Waals surface area contributed by atoms with Crippen molar-refractivity contribution in [2.75, 3.05) is 4.90 Å². The number of nitrogens with zero attached hydrogens (tertiary/aromatic N) is 2. The van der Waals surface area contributed by atoms with E-state index in [0.29, 0.717) is 10.7 Å². The molecule has 1 N–H and O–H groups in total. The highest BCUT2D eigenvalue weighted by molar-refractivity contribution is 14.1.